The zero-order chi connectivity index (χ0) is 12.3. The molecule has 0 radical (unpaired) electrons. The molecular weight excluding hydrogens is 208 g/mol. The summed E-state index contributed by atoms with van der Waals surface area (Å²) < 4.78 is 1.86. The maximum absolute atomic E-state index is 4.36. The molecule has 2 heteroatoms. The Morgan fingerprint density at radius 2 is 1.94 bits per heavy atom. The standard InChI is InChI=1S/C15H16N2/c1-12(15-7-5-4-6-8-15)9-10-17-14(3)11-13(2)16-17/h4-11H,1H2,2-3H3/b10-9+. The van der Waals surface area contributed by atoms with Gasteiger partial charge in [0.05, 0.1) is 5.69 Å². The fraction of sp³-hybridized carbons (Fsp3) is 0.133. The van der Waals surface area contributed by atoms with Gasteiger partial charge in [0.25, 0.3) is 0 Å². The number of aryl methyl sites for hydroxylation is 2. The van der Waals surface area contributed by atoms with Gasteiger partial charge in [0.1, 0.15) is 0 Å². The zero-order valence-electron chi connectivity index (χ0n) is 10.2. The summed E-state index contributed by atoms with van der Waals surface area (Å²) >= 11 is 0. The van der Waals surface area contributed by atoms with Crippen LogP contribution < -0.4 is 0 Å². The Bertz CT molecular complexity index is 548. The van der Waals surface area contributed by atoms with E-state index in [0.29, 0.717) is 0 Å². The van der Waals surface area contributed by atoms with E-state index in [9.17, 15) is 0 Å². The predicted molar refractivity (Wildman–Crippen MR) is 72.5 cm³/mol. The van der Waals surface area contributed by atoms with Crippen LogP contribution in [0.1, 0.15) is 17.0 Å². The maximum atomic E-state index is 4.36. The first-order valence-corrected chi connectivity index (χ1v) is 5.62. The lowest BCUT2D eigenvalue weighted by Crippen LogP contribution is -1.91. The van der Waals surface area contributed by atoms with E-state index in [-0.39, 0.29) is 0 Å². The van der Waals surface area contributed by atoms with Crippen LogP contribution in [0.25, 0.3) is 11.8 Å². The third-order valence-electron chi connectivity index (χ3n) is 2.61. The highest BCUT2D eigenvalue weighted by Crippen LogP contribution is 2.13. The summed E-state index contributed by atoms with van der Waals surface area (Å²) in [6.07, 6.45) is 3.92. The van der Waals surface area contributed by atoms with Gasteiger partial charge in [0, 0.05) is 11.9 Å². The monoisotopic (exact) mass is 224 g/mol. The minimum Gasteiger partial charge on any atom is -0.245 e. The summed E-state index contributed by atoms with van der Waals surface area (Å²) in [6, 6.07) is 12.2. The van der Waals surface area contributed by atoms with Crippen LogP contribution in [0.3, 0.4) is 0 Å². The molecule has 17 heavy (non-hydrogen) atoms. The molecule has 0 N–H and O–H groups in total. The molecule has 2 nitrogen and oxygen atoms in total. The molecule has 1 aromatic carbocycles. The number of hydrogen-bond donors (Lipinski definition) is 0. The van der Waals surface area contributed by atoms with E-state index in [2.05, 4.69) is 17.7 Å². The van der Waals surface area contributed by atoms with Crippen molar-refractivity contribution in [3.63, 3.8) is 0 Å². The molecule has 0 saturated carbocycles. The summed E-state index contributed by atoms with van der Waals surface area (Å²) in [5, 5.41) is 4.36. The lowest BCUT2D eigenvalue weighted by Gasteiger charge is -2.00. The molecule has 0 bridgehead atoms. The second-order valence-corrected chi connectivity index (χ2v) is 4.08. The second kappa shape index (κ2) is 4.83. The number of rotatable bonds is 3. The van der Waals surface area contributed by atoms with E-state index >= 15 is 0 Å². The van der Waals surface area contributed by atoms with Gasteiger partial charge in [-0.1, -0.05) is 36.9 Å². The van der Waals surface area contributed by atoms with E-state index in [1.54, 1.807) is 0 Å². The van der Waals surface area contributed by atoms with Crippen LogP contribution in [-0.2, 0) is 0 Å². The average Bonchev–Trinajstić information content (AvgIpc) is 2.66. The van der Waals surface area contributed by atoms with Crippen LogP contribution in [0.5, 0.6) is 0 Å². The van der Waals surface area contributed by atoms with Gasteiger partial charge < -0.3 is 0 Å². The minimum atomic E-state index is 0.984. The lowest BCUT2D eigenvalue weighted by atomic mass is 10.1. The van der Waals surface area contributed by atoms with Gasteiger partial charge >= 0.3 is 0 Å². The molecule has 0 amide bonds. The van der Waals surface area contributed by atoms with Crippen molar-refractivity contribution in [3.05, 3.63) is 66.0 Å². The van der Waals surface area contributed by atoms with Crippen LogP contribution in [0.15, 0.2) is 49.1 Å². The topological polar surface area (TPSA) is 17.8 Å². The molecule has 0 spiro atoms. The van der Waals surface area contributed by atoms with E-state index in [1.165, 1.54) is 0 Å². The first-order valence-electron chi connectivity index (χ1n) is 5.62. The van der Waals surface area contributed by atoms with Crippen molar-refractivity contribution in [2.75, 3.05) is 0 Å². The molecule has 2 rings (SSSR count). The van der Waals surface area contributed by atoms with Crippen LogP contribution in [0, 0.1) is 13.8 Å². The first-order chi connectivity index (χ1) is 8.16. The normalized spacial score (nSPS) is 10.9. The van der Waals surface area contributed by atoms with E-state index in [1.807, 2.05) is 61.1 Å². The van der Waals surface area contributed by atoms with E-state index in [4.69, 9.17) is 0 Å². The Hall–Kier alpha value is -2.09. The zero-order valence-corrected chi connectivity index (χ0v) is 10.2. The maximum Gasteiger partial charge on any atom is 0.0600 e. The summed E-state index contributed by atoms with van der Waals surface area (Å²) in [5.74, 6) is 0. The molecule has 0 aliphatic rings. The Morgan fingerprint density at radius 1 is 1.24 bits per heavy atom. The highest BCUT2D eigenvalue weighted by atomic mass is 15.3. The third-order valence-corrected chi connectivity index (χ3v) is 2.61. The second-order valence-electron chi connectivity index (χ2n) is 4.08. The lowest BCUT2D eigenvalue weighted by molar-refractivity contribution is 0.881. The predicted octanol–water partition coefficient (Wildman–Crippen LogP) is 3.68. The molecule has 86 valence electrons. The Labute approximate surface area is 102 Å². The van der Waals surface area contributed by atoms with Crippen LogP contribution in [0.2, 0.25) is 0 Å². The summed E-state index contributed by atoms with van der Waals surface area (Å²) in [4.78, 5) is 0. The quantitative estimate of drug-likeness (QED) is 0.727. The van der Waals surface area contributed by atoms with Crippen molar-refractivity contribution in [2.24, 2.45) is 0 Å². The molecule has 0 saturated heterocycles. The molecule has 0 fully saturated rings. The largest absolute Gasteiger partial charge is 0.245 e. The Kier molecular flexibility index (Phi) is 3.24. The molecular formula is C15H16N2. The molecule has 0 aliphatic carbocycles. The van der Waals surface area contributed by atoms with Gasteiger partial charge in [-0.2, -0.15) is 5.10 Å². The third kappa shape index (κ3) is 2.72. The van der Waals surface area contributed by atoms with Crippen molar-refractivity contribution in [3.8, 4) is 0 Å². The van der Waals surface area contributed by atoms with Gasteiger partial charge in [0.2, 0.25) is 0 Å². The number of nitrogens with zero attached hydrogens (tertiary/aromatic N) is 2. The van der Waals surface area contributed by atoms with Crippen LogP contribution in [-0.4, -0.2) is 9.78 Å². The molecule has 0 unspecified atom stereocenters. The van der Waals surface area contributed by atoms with Gasteiger partial charge in [0.15, 0.2) is 0 Å². The Morgan fingerprint density at radius 3 is 2.53 bits per heavy atom. The fourth-order valence-corrected chi connectivity index (χ4v) is 1.71. The highest BCUT2D eigenvalue weighted by Gasteiger charge is 1.97. The molecule has 1 aromatic heterocycles. The fourth-order valence-electron chi connectivity index (χ4n) is 1.71. The summed E-state index contributed by atoms with van der Waals surface area (Å²) in [7, 11) is 0. The van der Waals surface area contributed by atoms with Crippen LogP contribution in [0.4, 0.5) is 0 Å². The smallest absolute Gasteiger partial charge is 0.0600 e. The molecule has 2 aromatic rings. The number of benzene rings is 1. The summed E-state index contributed by atoms with van der Waals surface area (Å²) in [6.45, 7) is 8.08. The van der Waals surface area contributed by atoms with Gasteiger partial charge in [-0.05, 0) is 37.1 Å². The SMILES string of the molecule is C=C(/C=C/n1nc(C)cc1C)c1ccccc1. The minimum absolute atomic E-state index is 0.984. The van der Waals surface area contributed by atoms with Crippen LogP contribution >= 0.6 is 0 Å². The average molecular weight is 224 g/mol. The summed E-state index contributed by atoms with van der Waals surface area (Å²) in [5.41, 5.74) is 4.26. The van der Waals surface area contributed by atoms with Crippen molar-refractivity contribution in [1.29, 1.82) is 0 Å². The van der Waals surface area contributed by atoms with Crippen molar-refractivity contribution >= 4 is 11.8 Å². The van der Waals surface area contributed by atoms with Crippen molar-refractivity contribution in [1.82, 2.24) is 9.78 Å². The first kappa shape index (κ1) is 11.4. The highest BCUT2D eigenvalue weighted by molar-refractivity contribution is 5.74. The van der Waals surface area contributed by atoms with Gasteiger partial charge in [-0.15, -0.1) is 0 Å². The van der Waals surface area contributed by atoms with Crippen molar-refractivity contribution < 1.29 is 0 Å². The van der Waals surface area contributed by atoms with Gasteiger partial charge in [-0.3, -0.25) is 0 Å². The molecule has 0 aliphatic heterocycles. The number of allylic oxidation sites excluding steroid dienone is 2. The van der Waals surface area contributed by atoms with E-state index < -0.39 is 0 Å². The molecule has 0 atom stereocenters. The number of hydrogen-bond acceptors (Lipinski definition) is 1. The number of aromatic nitrogens is 2. The van der Waals surface area contributed by atoms with Gasteiger partial charge in [-0.25, -0.2) is 4.68 Å². The molecule has 1 heterocycles. The van der Waals surface area contributed by atoms with Crippen molar-refractivity contribution in [2.45, 2.75) is 13.8 Å². The van der Waals surface area contributed by atoms with E-state index in [0.717, 1.165) is 22.5 Å². The Balaban J connectivity index is 2.17.